The van der Waals surface area contributed by atoms with E-state index >= 15 is 0 Å². The molecular formula is C11H17N3. The van der Waals surface area contributed by atoms with Gasteiger partial charge in [0.1, 0.15) is 0 Å². The lowest BCUT2D eigenvalue weighted by Crippen LogP contribution is -2.06. The van der Waals surface area contributed by atoms with Crippen molar-refractivity contribution in [3.63, 3.8) is 0 Å². The van der Waals surface area contributed by atoms with Gasteiger partial charge in [-0.1, -0.05) is 24.3 Å². The molecule has 1 rings (SSSR count). The molecular weight excluding hydrogens is 174 g/mol. The Balaban J connectivity index is 2.53. The molecule has 76 valence electrons. The van der Waals surface area contributed by atoms with E-state index in [9.17, 15) is 0 Å². The summed E-state index contributed by atoms with van der Waals surface area (Å²) in [6.45, 7) is 1.01. The van der Waals surface area contributed by atoms with Crippen LogP contribution in [0.25, 0.3) is 6.08 Å². The van der Waals surface area contributed by atoms with Crippen molar-refractivity contribution >= 4 is 11.8 Å². The van der Waals surface area contributed by atoms with E-state index in [1.54, 1.807) is 0 Å². The van der Waals surface area contributed by atoms with Crippen molar-refractivity contribution in [3.05, 3.63) is 35.9 Å². The van der Waals surface area contributed by atoms with Crippen LogP contribution in [0.2, 0.25) is 0 Å². The second-order valence-electron chi connectivity index (χ2n) is 3.06. The van der Waals surface area contributed by atoms with Crippen molar-refractivity contribution in [3.8, 4) is 0 Å². The standard InChI is InChI=1S/C11H17N3/c1-13-8-3-2-5-10-6-4-7-11(9-10)14-12/h2,4-7,9,13-14H,3,8,12H2,1H3. The number of anilines is 1. The minimum Gasteiger partial charge on any atom is -0.324 e. The van der Waals surface area contributed by atoms with Crippen LogP contribution in [0.5, 0.6) is 0 Å². The largest absolute Gasteiger partial charge is 0.324 e. The Morgan fingerprint density at radius 3 is 3.00 bits per heavy atom. The minimum atomic E-state index is 0.931. The van der Waals surface area contributed by atoms with E-state index in [0.29, 0.717) is 0 Å². The van der Waals surface area contributed by atoms with Crippen LogP contribution < -0.4 is 16.6 Å². The van der Waals surface area contributed by atoms with Crippen molar-refractivity contribution in [2.45, 2.75) is 6.42 Å². The molecule has 0 bridgehead atoms. The van der Waals surface area contributed by atoms with Crippen LogP contribution in [-0.4, -0.2) is 13.6 Å². The summed E-state index contributed by atoms with van der Waals surface area (Å²) in [4.78, 5) is 0. The molecule has 1 aromatic carbocycles. The van der Waals surface area contributed by atoms with Crippen molar-refractivity contribution in [1.82, 2.24) is 5.32 Å². The Kier molecular flexibility index (Phi) is 4.75. The highest BCUT2D eigenvalue weighted by Gasteiger charge is 1.89. The van der Waals surface area contributed by atoms with Crippen LogP contribution in [0.3, 0.4) is 0 Å². The fourth-order valence-corrected chi connectivity index (χ4v) is 1.18. The Morgan fingerprint density at radius 1 is 1.43 bits per heavy atom. The molecule has 0 aliphatic heterocycles. The topological polar surface area (TPSA) is 50.1 Å². The second kappa shape index (κ2) is 6.18. The number of rotatable bonds is 5. The molecule has 0 atom stereocenters. The number of nitrogen functional groups attached to an aromatic ring is 1. The Labute approximate surface area is 85.0 Å². The lowest BCUT2D eigenvalue weighted by atomic mass is 10.2. The van der Waals surface area contributed by atoms with Crippen LogP contribution in [0.15, 0.2) is 30.3 Å². The minimum absolute atomic E-state index is 0.931. The molecule has 0 fully saturated rings. The van der Waals surface area contributed by atoms with E-state index in [-0.39, 0.29) is 0 Å². The predicted octanol–water partition coefficient (Wildman–Crippen LogP) is 1.59. The third kappa shape index (κ3) is 3.60. The molecule has 0 radical (unpaired) electrons. The molecule has 0 aromatic heterocycles. The van der Waals surface area contributed by atoms with Gasteiger partial charge in [-0.25, -0.2) is 0 Å². The first kappa shape index (κ1) is 10.8. The molecule has 3 heteroatoms. The van der Waals surface area contributed by atoms with E-state index in [1.807, 2.05) is 25.2 Å². The summed E-state index contributed by atoms with van der Waals surface area (Å²) in [5.74, 6) is 5.31. The molecule has 4 N–H and O–H groups in total. The lowest BCUT2D eigenvalue weighted by molar-refractivity contribution is 0.809. The molecule has 0 aliphatic rings. The summed E-state index contributed by atoms with van der Waals surface area (Å²) in [7, 11) is 1.95. The summed E-state index contributed by atoms with van der Waals surface area (Å²) in [5.41, 5.74) is 4.72. The lowest BCUT2D eigenvalue weighted by Gasteiger charge is -2.00. The fourth-order valence-electron chi connectivity index (χ4n) is 1.18. The number of hydrogen-bond donors (Lipinski definition) is 3. The number of benzene rings is 1. The average Bonchev–Trinajstić information content (AvgIpc) is 2.25. The van der Waals surface area contributed by atoms with Gasteiger partial charge in [0.25, 0.3) is 0 Å². The highest BCUT2D eigenvalue weighted by molar-refractivity contribution is 5.56. The molecule has 0 aliphatic carbocycles. The van der Waals surface area contributed by atoms with E-state index < -0.39 is 0 Å². The predicted molar refractivity (Wildman–Crippen MR) is 61.8 cm³/mol. The Bertz CT molecular complexity index is 294. The molecule has 14 heavy (non-hydrogen) atoms. The van der Waals surface area contributed by atoms with Gasteiger partial charge < -0.3 is 10.7 Å². The monoisotopic (exact) mass is 191 g/mol. The SMILES string of the molecule is CNCCC=Cc1cccc(NN)c1. The first-order chi connectivity index (χ1) is 6.86. The number of hydrogen-bond acceptors (Lipinski definition) is 3. The fraction of sp³-hybridized carbons (Fsp3) is 0.273. The Hall–Kier alpha value is -1.32. The van der Waals surface area contributed by atoms with Crippen LogP contribution >= 0.6 is 0 Å². The summed E-state index contributed by atoms with van der Waals surface area (Å²) in [5, 5.41) is 3.09. The van der Waals surface area contributed by atoms with Crippen molar-refractivity contribution in [2.24, 2.45) is 5.84 Å². The third-order valence-corrected chi connectivity index (χ3v) is 1.92. The summed E-state index contributed by atoms with van der Waals surface area (Å²) in [6.07, 6.45) is 5.28. The van der Waals surface area contributed by atoms with Crippen LogP contribution in [0.4, 0.5) is 5.69 Å². The van der Waals surface area contributed by atoms with E-state index in [0.717, 1.165) is 24.2 Å². The van der Waals surface area contributed by atoms with Gasteiger partial charge in [0.05, 0.1) is 0 Å². The van der Waals surface area contributed by atoms with Crippen molar-refractivity contribution in [2.75, 3.05) is 19.0 Å². The maximum Gasteiger partial charge on any atom is 0.0491 e. The van der Waals surface area contributed by atoms with E-state index in [4.69, 9.17) is 5.84 Å². The number of nitrogens with one attached hydrogen (secondary N) is 2. The maximum absolute atomic E-state index is 5.31. The first-order valence-corrected chi connectivity index (χ1v) is 4.74. The number of nitrogens with two attached hydrogens (primary N) is 1. The van der Waals surface area contributed by atoms with Crippen LogP contribution in [-0.2, 0) is 0 Å². The smallest absolute Gasteiger partial charge is 0.0491 e. The van der Waals surface area contributed by atoms with Gasteiger partial charge >= 0.3 is 0 Å². The first-order valence-electron chi connectivity index (χ1n) is 4.74. The molecule has 0 saturated carbocycles. The molecule has 3 nitrogen and oxygen atoms in total. The van der Waals surface area contributed by atoms with Gasteiger partial charge in [0, 0.05) is 5.69 Å². The van der Waals surface area contributed by atoms with Gasteiger partial charge in [-0.15, -0.1) is 0 Å². The highest BCUT2D eigenvalue weighted by Crippen LogP contribution is 2.10. The molecule has 0 heterocycles. The average molecular weight is 191 g/mol. The van der Waals surface area contributed by atoms with Gasteiger partial charge in [0.15, 0.2) is 0 Å². The zero-order chi connectivity index (χ0) is 10.2. The molecule has 1 aromatic rings. The van der Waals surface area contributed by atoms with Crippen LogP contribution in [0, 0.1) is 0 Å². The van der Waals surface area contributed by atoms with E-state index in [2.05, 4.69) is 29.0 Å². The highest BCUT2D eigenvalue weighted by atomic mass is 15.2. The van der Waals surface area contributed by atoms with Gasteiger partial charge in [-0.05, 0) is 37.7 Å². The number of hydrazine groups is 1. The molecule has 0 amide bonds. The quantitative estimate of drug-likeness (QED) is 0.376. The zero-order valence-electron chi connectivity index (χ0n) is 8.46. The normalized spacial score (nSPS) is 10.7. The second-order valence-corrected chi connectivity index (χ2v) is 3.06. The summed E-state index contributed by atoms with van der Waals surface area (Å²) < 4.78 is 0. The molecule has 0 unspecified atom stereocenters. The van der Waals surface area contributed by atoms with Crippen LogP contribution in [0.1, 0.15) is 12.0 Å². The van der Waals surface area contributed by atoms with Crippen molar-refractivity contribution < 1.29 is 0 Å². The van der Waals surface area contributed by atoms with Gasteiger partial charge in [-0.3, -0.25) is 5.84 Å². The zero-order valence-corrected chi connectivity index (χ0v) is 8.46. The van der Waals surface area contributed by atoms with E-state index in [1.165, 1.54) is 0 Å². The molecule has 0 saturated heterocycles. The molecule has 0 spiro atoms. The summed E-state index contributed by atoms with van der Waals surface area (Å²) in [6, 6.07) is 7.98. The maximum atomic E-state index is 5.31. The van der Waals surface area contributed by atoms with Gasteiger partial charge in [0.2, 0.25) is 0 Å². The summed E-state index contributed by atoms with van der Waals surface area (Å²) >= 11 is 0. The third-order valence-electron chi connectivity index (χ3n) is 1.92. The van der Waals surface area contributed by atoms with Crippen molar-refractivity contribution in [1.29, 1.82) is 0 Å². The van der Waals surface area contributed by atoms with Gasteiger partial charge in [-0.2, -0.15) is 0 Å². The Morgan fingerprint density at radius 2 is 2.29 bits per heavy atom.